The van der Waals surface area contributed by atoms with Gasteiger partial charge in [-0.25, -0.2) is 4.98 Å². The van der Waals surface area contributed by atoms with Gasteiger partial charge in [-0.2, -0.15) is 0 Å². The van der Waals surface area contributed by atoms with Gasteiger partial charge in [-0.1, -0.05) is 125 Å². The van der Waals surface area contributed by atoms with Crippen molar-refractivity contribution in [1.29, 1.82) is 0 Å². The Kier molecular flexibility index (Phi) is 15.3. The third kappa shape index (κ3) is 8.62. The first-order valence-electron chi connectivity index (χ1n) is 20.0. The number of thiazole rings is 1. The van der Waals surface area contributed by atoms with Crippen molar-refractivity contribution < 1.29 is 22.8 Å². The molecule has 1 aliphatic rings. The predicted octanol–water partition coefficient (Wildman–Crippen LogP) is 13.4. The maximum Gasteiger partial charge on any atom is 0.201 e. The van der Waals surface area contributed by atoms with E-state index in [1.165, 1.54) is 0 Å². The molecule has 1 aromatic carbocycles. The van der Waals surface area contributed by atoms with Crippen molar-refractivity contribution in [3.8, 4) is 5.75 Å². The molecule has 0 N–H and O–H groups in total. The third-order valence-electron chi connectivity index (χ3n) is 12.4. The highest BCUT2D eigenvalue weighted by Gasteiger charge is 2.55. The average molecular weight is 778 g/mol. The highest BCUT2D eigenvalue weighted by atomic mass is 32.1. The molecular formula is C41H75NO5SSi3. The summed E-state index contributed by atoms with van der Waals surface area (Å²) >= 11 is 1.65. The summed E-state index contributed by atoms with van der Waals surface area (Å²) in [5.41, 5.74) is 4.84. The summed E-state index contributed by atoms with van der Waals surface area (Å²) in [6, 6.07) is 6.08. The molecule has 0 amide bonds. The Labute approximate surface area is 320 Å². The normalized spacial score (nSPS) is 19.7. The zero-order valence-electron chi connectivity index (χ0n) is 35.8. The Hall–Kier alpha value is -1.02. The maximum absolute atomic E-state index is 7.86. The van der Waals surface area contributed by atoms with E-state index in [0.29, 0.717) is 56.5 Å². The molecule has 0 spiro atoms. The lowest BCUT2D eigenvalue weighted by Crippen LogP contribution is -2.61. The monoisotopic (exact) mass is 777 g/mol. The van der Waals surface area contributed by atoms with E-state index in [1.54, 1.807) is 18.4 Å². The summed E-state index contributed by atoms with van der Waals surface area (Å²) in [5, 5.41) is 0.862. The summed E-state index contributed by atoms with van der Waals surface area (Å²) in [5.74, 6) is 1.61. The van der Waals surface area contributed by atoms with Crippen LogP contribution in [0.2, 0.25) is 49.9 Å². The smallest absolute Gasteiger partial charge is 0.201 e. The molecular weight excluding hydrogens is 703 g/mol. The van der Waals surface area contributed by atoms with E-state index in [4.69, 9.17) is 27.7 Å². The molecule has 0 fully saturated rings. The quantitative estimate of drug-likeness (QED) is 0.141. The van der Waals surface area contributed by atoms with Crippen molar-refractivity contribution in [1.82, 2.24) is 4.98 Å². The minimum absolute atomic E-state index is 0.292. The van der Waals surface area contributed by atoms with Crippen molar-refractivity contribution in [3.63, 3.8) is 0 Å². The molecule has 10 heteroatoms. The van der Waals surface area contributed by atoms with Gasteiger partial charge in [0.25, 0.3) is 0 Å². The Bertz CT molecular complexity index is 1370. The average Bonchev–Trinajstić information content (AvgIpc) is 3.45. The third-order valence-corrected chi connectivity index (χ3v) is 31.7. The molecule has 0 saturated carbocycles. The van der Waals surface area contributed by atoms with E-state index in [-0.39, 0.29) is 18.3 Å². The molecule has 6 nitrogen and oxygen atoms in total. The Morgan fingerprint density at radius 2 is 1.10 bits per heavy atom. The molecule has 0 saturated heterocycles. The number of ether oxygens (including phenoxy) is 2. The number of aromatic nitrogens is 1. The van der Waals surface area contributed by atoms with E-state index in [0.717, 1.165) is 26.7 Å². The minimum Gasteiger partial charge on any atom is -0.497 e. The number of methoxy groups -OCH3 is 1. The summed E-state index contributed by atoms with van der Waals surface area (Å²) in [7, 11) is -5.26. The number of hydrogen-bond acceptors (Lipinski definition) is 7. The van der Waals surface area contributed by atoms with Crippen LogP contribution in [0.5, 0.6) is 5.75 Å². The molecule has 0 bridgehead atoms. The zero-order valence-corrected chi connectivity index (χ0v) is 39.7. The lowest BCUT2D eigenvalue weighted by Gasteiger charge is -2.52. The second-order valence-electron chi connectivity index (χ2n) is 18.0. The Balaban J connectivity index is 2.36. The van der Waals surface area contributed by atoms with Crippen molar-refractivity contribution in [2.24, 2.45) is 0 Å². The number of benzene rings is 1. The van der Waals surface area contributed by atoms with Gasteiger partial charge < -0.3 is 22.8 Å². The molecule has 2 heterocycles. The largest absolute Gasteiger partial charge is 0.497 e. The van der Waals surface area contributed by atoms with Crippen molar-refractivity contribution >= 4 is 52.3 Å². The second kappa shape index (κ2) is 17.6. The summed E-state index contributed by atoms with van der Waals surface area (Å²) < 4.78 is 37.0. The molecule has 0 radical (unpaired) electrons. The highest BCUT2D eigenvalue weighted by Crippen LogP contribution is 2.49. The van der Waals surface area contributed by atoms with Crippen molar-refractivity contribution in [3.05, 3.63) is 29.3 Å². The topological polar surface area (TPSA) is 59.0 Å². The number of nitrogens with zero attached hydrogens (tertiary/aromatic N) is 1. The molecule has 0 aliphatic carbocycles. The van der Waals surface area contributed by atoms with Crippen LogP contribution in [0.3, 0.4) is 0 Å². The molecule has 1 aromatic heterocycles. The lowest BCUT2D eigenvalue weighted by molar-refractivity contribution is -0.0620. The van der Waals surface area contributed by atoms with Crippen LogP contribution in [0.25, 0.3) is 16.0 Å². The predicted molar refractivity (Wildman–Crippen MR) is 228 cm³/mol. The fourth-order valence-corrected chi connectivity index (χ4v) is 27.9. The molecule has 2 aromatic rings. The molecule has 0 unspecified atom stereocenters. The first-order chi connectivity index (χ1) is 23.6. The van der Waals surface area contributed by atoms with Gasteiger partial charge in [-0.3, -0.25) is 0 Å². The van der Waals surface area contributed by atoms with Gasteiger partial charge in [0.15, 0.2) is 10.8 Å². The first kappa shape index (κ1) is 44.4. The summed E-state index contributed by atoms with van der Waals surface area (Å²) in [6.07, 6.45) is 1.30. The zero-order chi connectivity index (χ0) is 38.8. The molecule has 1 aliphatic heterocycles. The first-order valence-corrected chi connectivity index (χ1v) is 27.2. The fourth-order valence-electron chi connectivity index (χ4n) is 10.4. The standard InChI is InChI=1S/C41H75NO5SSi3/c1-25(2)49(26(3)4,27(5)6)44-24-38-40(47-51(31(13)14,32(15)16)33(17)18)36(46-50(28(7)8,29(9)10)30(11)12)23-37(45-38)41-42-35-21-20-34(43-19)22-39(35)48-41/h20-23,25-33,36,38,40H,24H2,1-19H3/t36-,38-,40+/m1/s1. The molecule has 292 valence electrons. The van der Waals surface area contributed by atoms with Crippen LogP contribution in [0.1, 0.15) is 130 Å². The maximum atomic E-state index is 7.86. The number of rotatable bonds is 18. The molecule has 51 heavy (non-hydrogen) atoms. The van der Waals surface area contributed by atoms with E-state index in [2.05, 4.69) is 137 Å². The van der Waals surface area contributed by atoms with Crippen LogP contribution in [-0.2, 0) is 18.0 Å². The van der Waals surface area contributed by atoms with Gasteiger partial charge >= 0.3 is 0 Å². The SMILES string of the molecule is COc1ccc2nc(C3=C[C@@H](O[Si](C(C)C)(C(C)C)C(C)C)[C@H](O[Si](C(C)C)(C(C)C)C(C)C)[C@@H](CO[Si](C(C)C)(C(C)C)C(C)C)O3)sc2c1. The highest BCUT2D eigenvalue weighted by molar-refractivity contribution is 7.19. The van der Waals surface area contributed by atoms with Gasteiger partial charge in [-0.05, 0) is 74.1 Å². The van der Waals surface area contributed by atoms with Crippen molar-refractivity contribution in [2.45, 2.75) is 193 Å². The van der Waals surface area contributed by atoms with Gasteiger partial charge in [0, 0.05) is 0 Å². The minimum atomic E-state index is -2.38. The molecule has 3 rings (SSSR count). The second-order valence-corrected chi connectivity index (χ2v) is 35.3. The van der Waals surface area contributed by atoms with Crippen LogP contribution in [-0.4, -0.2) is 62.0 Å². The van der Waals surface area contributed by atoms with Crippen LogP contribution >= 0.6 is 11.3 Å². The van der Waals surface area contributed by atoms with Crippen LogP contribution < -0.4 is 4.74 Å². The van der Waals surface area contributed by atoms with Crippen LogP contribution in [0, 0.1) is 0 Å². The van der Waals surface area contributed by atoms with E-state index in [9.17, 15) is 0 Å². The van der Waals surface area contributed by atoms with Gasteiger partial charge in [0.1, 0.15) is 18.0 Å². The van der Waals surface area contributed by atoms with Gasteiger partial charge in [0.2, 0.25) is 25.0 Å². The van der Waals surface area contributed by atoms with E-state index >= 15 is 0 Å². The lowest BCUT2D eigenvalue weighted by atomic mass is 10.0. The Morgan fingerprint density at radius 1 is 0.647 bits per heavy atom. The van der Waals surface area contributed by atoms with Gasteiger partial charge in [-0.15, -0.1) is 11.3 Å². The molecule has 3 atom stereocenters. The summed E-state index contributed by atoms with van der Waals surface area (Å²) in [4.78, 5) is 5.12. The number of fused-ring (bicyclic) bond motifs is 1. The fraction of sp³-hybridized carbons (Fsp3) is 0.780. The van der Waals surface area contributed by atoms with Crippen LogP contribution in [0.15, 0.2) is 24.3 Å². The number of hydrogen-bond donors (Lipinski definition) is 0. The van der Waals surface area contributed by atoms with Crippen LogP contribution in [0.4, 0.5) is 0 Å². The van der Waals surface area contributed by atoms with E-state index < -0.39 is 25.0 Å². The Morgan fingerprint density at radius 3 is 1.53 bits per heavy atom. The summed E-state index contributed by atoms with van der Waals surface area (Å²) in [6.45, 7) is 43.1. The van der Waals surface area contributed by atoms with Crippen molar-refractivity contribution in [2.75, 3.05) is 13.7 Å². The van der Waals surface area contributed by atoms with E-state index in [1.807, 2.05) is 12.1 Å². The van der Waals surface area contributed by atoms with Gasteiger partial charge in [0.05, 0.1) is 30.0 Å².